The first-order valence-corrected chi connectivity index (χ1v) is 7.43. The highest BCUT2D eigenvalue weighted by Crippen LogP contribution is 2.33. The number of hydrogen-bond acceptors (Lipinski definition) is 2. The van der Waals surface area contributed by atoms with Crippen molar-refractivity contribution in [1.29, 1.82) is 0 Å². The quantitative estimate of drug-likeness (QED) is 0.726. The minimum Gasteiger partial charge on any atom is -0.481 e. The van der Waals surface area contributed by atoms with Gasteiger partial charge < -0.3 is 15.3 Å². The zero-order valence-electron chi connectivity index (χ0n) is 11.4. The standard InChI is InChI=1S/C14H24N2O3/c17-13(18)10-12-5-1-2-9-16(12)14(19)15-8-3-4-11-6-7-11/h11-12H,1-10H2,(H,15,19)(H,17,18). The molecule has 2 N–H and O–H groups in total. The molecular weight excluding hydrogens is 244 g/mol. The molecule has 2 fully saturated rings. The fourth-order valence-electron chi connectivity index (χ4n) is 2.78. The predicted octanol–water partition coefficient (Wildman–Crippen LogP) is 2.22. The predicted molar refractivity (Wildman–Crippen MR) is 72.0 cm³/mol. The lowest BCUT2D eigenvalue weighted by molar-refractivity contribution is -0.138. The lowest BCUT2D eigenvalue weighted by Crippen LogP contribution is -2.49. The second-order valence-corrected chi connectivity index (χ2v) is 5.76. The van der Waals surface area contributed by atoms with Gasteiger partial charge >= 0.3 is 12.0 Å². The van der Waals surface area contributed by atoms with Crippen molar-refractivity contribution in [3.05, 3.63) is 0 Å². The van der Waals surface area contributed by atoms with Crippen LogP contribution in [0.15, 0.2) is 0 Å². The molecular formula is C14H24N2O3. The molecule has 1 heterocycles. The molecule has 1 unspecified atom stereocenters. The van der Waals surface area contributed by atoms with E-state index in [1.54, 1.807) is 4.90 Å². The van der Waals surface area contributed by atoms with Crippen LogP contribution in [0.4, 0.5) is 4.79 Å². The van der Waals surface area contributed by atoms with Gasteiger partial charge in [0.2, 0.25) is 0 Å². The molecule has 1 aliphatic heterocycles. The zero-order chi connectivity index (χ0) is 13.7. The fraction of sp³-hybridized carbons (Fsp3) is 0.857. The Balaban J connectivity index is 1.72. The van der Waals surface area contributed by atoms with Crippen molar-refractivity contribution in [2.75, 3.05) is 13.1 Å². The van der Waals surface area contributed by atoms with Gasteiger partial charge in [-0.1, -0.05) is 12.8 Å². The van der Waals surface area contributed by atoms with Gasteiger partial charge in [-0.05, 0) is 38.0 Å². The Hall–Kier alpha value is -1.26. The largest absolute Gasteiger partial charge is 0.481 e. The molecule has 108 valence electrons. The van der Waals surface area contributed by atoms with E-state index in [1.165, 1.54) is 19.3 Å². The lowest BCUT2D eigenvalue weighted by Gasteiger charge is -2.34. The number of nitrogens with one attached hydrogen (secondary N) is 1. The molecule has 0 aromatic heterocycles. The summed E-state index contributed by atoms with van der Waals surface area (Å²) < 4.78 is 0. The summed E-state index contributed by atoms with van der Waals surface area (Å²) in [6.45, 7) is 1.40. The SMILES string of the molecule is O=C(O)CC1CCCCN1C(=O)NCCCC1CC1. The number of piperidine rings is 1. The maximum absolute atomic E-state index is 12.1. The van der Waals surface area contributed by atoms with E-state index in [-0.39, 0.29) is 18.5 Å². The van der Waals surface area contributed by atoms with Crippen molar-refractivity contribution in [2.45, 2.75) is 57.4 Å². The summed E-state index contributed by atoms with van der Waals surface area (Å²) in [7, 11) is 0. The van der Waals surface area contributed by atoms with E-state index < -0.39 is 5.97 Å². The maximum atomic E-state index is 12.1. The van der Waals surface area contributed by atoms with Crippen molar-refractivity contribution in [3.8, 4) is 0 Å². The molecule has 1 saturated heterocycles. The number of rotatable bonds is 6. The highest BCUT2D eigenvalue weighted by molar-refractivity contribution is 5.76. The molecule has 0 aromatic rings. The summed E-state index contributed by atoms with van der Waals surface area (Å²) in [6, 6.07) is -0.212. The Kier molecular flexibility index (Phi) is 5.05. The van der Waals surface area contributed by atoms with E-state index in [2.05, 4.69) is 5.32 Å². The molecule has 2 rings (SSSR count). The molecule has 0 aromatic carbocycles. The van der Waals surface area contributed by atoms with E-state index in [9.17, 15) is 9.59 Å². The van der Waals surface area contributed by atoms with E-state index in [1.807, 2.05) is 0 Å². The molecule has 0 spiro atoms. The van der Waals surface area contributed by atoms with Crippen LogP contribution < -0.4 is 5.32 Å². The van der Waals surface area contributed by atoms with Crippen LogP contribution in [0.3, 0.4) is 0 Å². The lowest BCUT2D eigenvalue weighted by atomic mass is 10.00. The molecule has 1 aliphatic carbocycles. The number of carboxylic acid groups (broad SMARTS) is 1. The van der Waals surface area contributed by atoms with Crippen molar-refractivity contribution >= 4 is 12.0 Å². The number of nitrogens with zero attached hydrogens (tertiary/aromatic N) is 1. The first kappa shape index (κ1) is 14.2. The van der Waals surface area contributed by atoms with Crippen molar-refractivity contribution in [1.82, 2.24) is 10.2 Å². The second kappa shape index (κ2) is 6.78. The molecule has 2 amide bonds. The van der Waals surface area contributed by atoms with Gasteiger partial charge in [-0.3, -0.25) is 4.79 Å². The van der Waals surface area contributed by atoms with Crippen LogP contribution in [0.5, 0.6) is 0 Å². The number of carboxylic acids is 1. The van der Waals surface area contributed by atoms with Crippen LogP contribution in [0, 0.1) is 5.92 Å². The van der Waals surface area contributed by atoms with E-state index >= 15 is 0 Å². The molecule has 19 heavy (non-hydrogen) atoms. The van der Waals surface area contributed by atoms with Gasteiger partial charge in [-0.25, -0.2) is 4.79 Å². The van der Waals surface area contributed by atoms with Gasteiger partial charge in [0.05, 0.1) is 6.42 Å². The Morgan fingerprint density at radius 2 is 2.00 bits per heavy atom. The van der Waals surface area contributed by atoms with Crippen molar-refractivity contribution < 1.29 is 14.7 Å². The van der Waals surface area contributed by atoms with Gasteiger partial charge in [0.15, 0.2) is 0 Å². The van der Waals surface area contributed by atoms with Crippen LogP contribution >= 0.6 is 0 Å². The topological polar surface area (TPSA) is 69.6 Å². The Labute approximate surface area is 114 Å². The normalized spacial score (nSPS) is 23.2. The molecule has 0 radical (unpaired) electrons. The van der Waals surface area contributed by atoms with Crippen molar-refractivity contribution in [3.63, 3.8) is 0 Å². The van der Waals surface area contributed by atoms with E-state index in [4.69, 9.17) is 5.11 Å². The Bertz CT molecular complexity index is 329. The second-order valence-electron chi connectivity index (χ2n) is 5.76. The zero-order valence-corrected chi connectivity index (χ0v) is 11.4. The molecule has 2 aliphatic rings. The summed E-state index contributed by atoms with van der Waals surface area (Å²) in [5.74, 6) is 0.0741. The first-order chi connectivity index (χ1) is 9.16. The van der Waals surface area contributed by atoms with Crippen LogP contribution in [0.25, 0.3) is 0 Å². The average molecular weight is 268 g/mol. The molecule has 5 heteroatoms. The van der Waals surface area contributed by atoms with Crippen LogP contribution in [0.2, 0.25) is 0 Å². The number of amides is 2. The summed E-state index contributed by atoms with van der Waals surface area (Å²) in [6.07, 6.45) is 7.81. The number of urea groups is 1. The van der Waals surface area contributed by atoms with Gasteiger partial charge in [0.1, 0.15) is 0 Å². The van der Waals surface area contributed by atoms with Crippen molar-refractivity contribution in [2.24, 2.45) is 5.92 Å². The van der Waals surface area contributed by atoms with Crippen LogP contribution in [-0.4, -0.2) is 41.1 Å². The highest BCUT2D eigenvalue weighted by Gasteiger charge is 2.28. The first-order valence-electron chi connectivity index (χ1n) is 7.43. The summed E-state index contributed by atoms with van der Waals surface area (Å²) in [4.78, 5) is 24.6. The van der Waals surface area contributed by atoms with Gasteiger partial charge in [-0.2, -0.15) is 0 Å². The van der Waals surface area contributed by atoms with Gasteiger partial charge in [0.25, 0.3) is 0 Å². The summed E-state index contributed by atoms with van der Waals surface area (Å²) >= 11 is 0. The number of carbonyl (C=O) groups is 2. The Morgan fingerprint density at radius 1 is 1.21 bits per heavy atom. The minimum atomic E-state index is -0.821. The number of likely N-dealkylation sites (tertiary alicyclic amines) is 1. The number of carbonyl (C=O) groups excluding carboxylic acids is 1. The monoisotopic (exact) mass is 268 g/mol. The molecule has 5 nitrogen and oxygen atoms in total. The van der Waals surface area contributed by atoms with E-state index in [0.717, 1.165) is 31.6 Å². The highest BCUT2D eigenvalue weighted by atomic mass is 16.4. The molecule has 1 saturated carbocycles. The number of hydrogen-bond donors (Lipinski definition) is 2. The van der Waals surface area contributed by atoms with Crippen LogP contribution in [-0.2, 0) is 4.79 Å². The fourth-order valence-corrected chi connectivity index (χ4v) is 2.78. The third kappa shape index (κ3) is 4.73. The third-order valence-corrected chi connectivity index (χ3v) is 4.06. The molecule has 1 atom stereocenters. The van der Waals surface area contributed by atoms with Gasteiger partial charge in [-0.15, -0.1) is 0 Å². The smallest absolute Gasteiger partial charge is 0.317 e. The number of aliphatic carboxylic acids is 1. The Morgan fingerprint density at radius 3 is 2.68 bits per heavy atom. The maximum Gasteiger partial charge on any atom is 0.317 e. The molecule has 0 bridgehead atoms. The van der Waals surface area contributed by atoms with Crippen LogP contribution in [0.1, 0.15) is 51.4 Å². The minimum absolute atomic E-state index is 0.0650. The third-order valence-electron chi connectivity index (χ3n) is 4.06. The average Bonchev–Trinajstić information content (AvgIpc) is 3.18. The summed E-state index contributed by atoms with van der Waals surface area (Å²) in [5.41, 5.74) is 0. The summed E-state index contributed by atoms with van der Waals surface area (Å²) in [5, 5.41) is 11.8. The van der Waals surface area contributed by atoms with E-state index in [0.29, 0.717) is 13.1 Å². The van der Waals surface area contributed by atoms with Gasteiger partial charge in [0, 0.05) is 19.1 Å².